The average Bonchev–Trinajstić information content (AvgIpc) is 3.10. The van der Waals surface area contributed by atoms with Gasteiger partial charge in [0.05, 0.1) is 19.9 Å². The van der Waals surface area contributed by atoms with E-state index in [1.54, 1.807) is 48.5 Å². The molecular formula is C20H22N4O3. The van der Waals surface area contributed by atoms with Gasteiger partial charge in [0.15, 0.2) is 0 Å². The molecule has 0 aliphatic carbocycles. The van der Waals surface area contributed by atoms with E-state index in [1.165, 1.54) is 0 Å². The summed E-state index contributed by atoms with van der Waals surface area (Å²) in [6.07, 6.45) is 6.83. The van der Waals surface area contributed by atoms with E-state index >= 15 is 0 Å². The number of hydrogen-bond donors (Lipinski definition) is 1. The topological polar surface area (TPSA) is 80.5 Å². The fraction of sp³-hybridized carbons (Fsp3) is 0.250. The predicted octanol–water partition coefficient (Wildman–Crippen LogP) is 2.59. The molecule has 0 radical (unpaired) electrons. The number of pyridine rings is 1. The molecule has 140 valence electrons. The Bertz CT molecular complexity index is 878. The van der Waals surface area contributed by atoms with Gasteiger partial charge in [0.2, 0.25) is 0 Å². The van der Waals surface area contributed by atoms with Crippen LogP contribution in [-0.2, 0) is 17.9 Å². The molecule has 0 saturated carbocycles. The Morgan fingerprint density at radius 3 is 2.63 bits per heavy atom. The zero-order valence-corrected chi connectivity index (χ0v) is 15.3. The maximum Gasteiger partial charge on any atom is 0.325 e. The van der Waals surface area contributed by atoms with Gasteiger partial charge in [-0.1, -0.05) is 18.2 Å². The number of ether oxygens (including phenoxy) is 1. The summed E-state index contributed by atoms with van der Waals surface area (Å²) in [5.41, 5.74) is 2.65. The first-order valence-corrected chi connectivity index (χ1v) is 8.54. The van der Waals surface area contributed by atoms with Crippen LogP contribution in [0.3, 0.4) is 0 Å². The number of benzene rings is 1. The molecule has 2 heterocycles. The summed E-state index contributed by atoms with van der Waals surface area (Å²) < 4.78 is 6.90. The largest absolute Gasteiger partial charge is 0.497 e. The molecule has 0 amide bonds. The van der Waals surface area contributed by atoms with Gasteiger partial charge in [-0.3, -0.25) is 19.4 Å². The van der Waals surface area contributed by atoms with Crippen molar-refractivity contribution in [1.29, 1.82) is 0 Å². The summed E-state index contributed by atoms with van der Waals surface area (Å²) in [5.74, 6) is -0.117. The molecule has 2 aromatic heterocycles. The third kappa shape index (κ3) is 4.71. The lowest BCUT2D eigenvalue weighted by Gasteiger charge is -2.23. The fourth-order valence-electron chi connectivity index (χ4n) is 2.98. The highest BCUT2D eigenvalue weighted by molar-refractivity contribution is 5.75. The molecule has 7 nitrogen and oxygen atoms in total. The minimum Gasteiger partial charge on any atom is -0.497 e. The summed E-state index contributed by atoms with van der Waals surface area (Å²) in [4.78, 5) is 17.7. The zero-order valence-electron chi connectivity index (χ0n) is 15.3. The molecule has 1 atom stereocenters. The molecule has 0 fully saturated rings. The Labute approximate surface area is 157 Å². The molecule has 1 N–H and O–H groups in total. The SMILES string of the molecule is COc1ccc(Cn2cc([C@H](C(=O)O)N(C)Cc3cccnc3)cn2)cc1. The van der Waals surface area contributed by atoms with Gasteiger partial charge in [-0.2, -0.15) is 5.10 Å². The van der Waals surface area contributed by atoms with Gasteiger partial charge in [0.25, 0.3) is 0 Å². The molecular weight excluding hydrogens is 344 g/mol. The molecule has 0 spiro atoms. The number of carboxylic acid groups (broad SMARTS) is 1. The van der Waals surface area contributed by atoms with E-state index in [-0.39, 0.29) is 0 Å². The Morgan fingerprint density at radius 2 is 2.00 bits per heavy atom. The van der Waals surface area contributed by atoms with Crippen LogP contribution in [0.2, 0.25) is 0 Å². The van der Waals surface area contributed by atoms with Crippen molar-refractivity contribution < 1.29 is 14.6 Å². The fourth-order valence-corrected chi connectivity index (χ4v) is 2.98. The Morgan fingerprint density at radius 1 is 1.22 bits per heavy atom. The zero-order chi connectivity index (χ0) is 19.2. The Hall–Kier alpha value is -3.19. The van der Waals surface area contributed by atoms with E-state index in [0.29, 0.717) is 18.7 Å². The van der Waals surface area contributed by atoms with E-state index in [1.807, 2.05) is 36.4 Å². The van der Waals surface area contributed by atoms with Crippen molar-refractivity contribution in [1.82, 2.24) is 19.7 Å². The summed E-state index contributed by atoms with van der Waals surface area (Å²) in [7, 11) is 3.41. The van der Waals surface area contributed by atoms with Crippen LogP contribution < -0.4 is 4.74 Å². The molecule has 3 aromatic rings. The summed E-state index contributed by atoms with van der Waals surface area (Å²) >= 11 is 0. The second kappa shape index (κ2) is 8.46. The maximum atomic E-state index is 11.9. The first kappa shape index (κ1) is 18.6. The van der Waals surface area contributed by atoms with Crippen LogP contribution in [0.4, 0.5) is 0 Å². The first-order valence-electron chi connectivity index (χ1n) is 8.54. The Balaban J connectivity index is 1.73. The lowest BCUT2D eigenvalue weighted by molar-refractivity contribution is -0.143. The van der Waals surface area contributed by atoms with E-state index in [0.717, 1.165) is 16.9 Å². The van der Waals surface area contributed by atoms with Crippen LogP contribution in [-0.4, -0.2) is 44.9 Å². The second-order valence-corrected chi connectivity index (χ2v) is 6.34. The molecule has 0 aliphatic heterocycles. The standard InChI is InChI=1S/C20H22N4O3/c1-23(12-16-4-3-9-21-10-16)19(20(25)26)17-11-22-24(14-17)13-15-5-7-18(27-2)8-6-15/h3-11,14,19H,12-13H2,1-2H3,(H,25,26)/t19-/m1/s1. The molecule has 27 heavy (non-hydrogen) atoms. The monoisotopic (exact) mass is 366 g/mol. The van der Waals surface area contributed by atoms with Crippen molar-refractivity contribution in [2.45, 2.75) is 19.1 Å². The number of aromatic nitrogens is 3. The highest BCUT2D eigenvalue weighted by atomic mass is 16.5. The van der Waals surface area contributed by atoms with Crippen LogP contribution >= 0.6 is 0 Å². The lowest BCUT2D eigenvalue weighted by Crippen LogP contribution is -2.30. The van der Waals surface area contributed by atoms with Crippen molar-refractivity contribution in [2.75, 3.05) is 14.2 Å². The van der Waals surface area contributed by atoms with Crippen molar-refractivity contribution in [3.8, 4) is 5.75 Å². The van der Waals surface area contributed by atoms with Gasteiger partial charge in [-0.15, -0.1) is 0 Å². The number of carboxylic acids is 1. The Kier molecular flexibility index (Phi) is 5.83. The number of carbonyl (C=O) groups is 1. The number of hydrogen-bond acceptors (Lipinski definition) is 5. The first-order chi connectivity index (χ1) is 13.1. The van der Waals surface area contributed by atoms with Gasteiger partial charge < -0.3 is 9.84 Å². The van der Waals surface area contributed by atoms with E-state index in [2.05, 4.69) is 10.1 Å². The average molecular weight is 366 g/mol. The minimum atomic E-state index is -0.912. The van der Waals surface area contributed by atoms with Crippen LogP contribution in [0.25, 0.3) is 0 Å². The minimum absolute atomic E-state index is 0.481. The quantitative estimate of drug-likeness (QED) is 0.660. The van der Waals surface area contributed by atoms with Crippen LogP contribution in [0.15, 0.2) is 61.2 Å². The summed E-state index contributed by atoms with van der Waals surface area (Å²) in [5, 5.41) is 14.1. The molecule has 7 heteroatoms. The summed E-state index contributed by atoms with van der Waals surface area (Å²) in [6.45, 7) is 1.04. The van der Waals surface area contributed by atoms with Crippen molar-refractivity contribution in [3.63, 3.8) is 0 Å². The lowest BCUT2D eigenvalue weighted by atomic mass is 10.1. The third-order valence-corrected chi connectivity index (χ3v) is 4.30. The maximum absolute atomic E-state index is 11.9. The normalized spacial score (nSPS) is 12.1. The second-order valence-electron chi connectivity index (χ2n) is 6.34. The van der Waals surface area contributed by atoms with Gasteiger partial charge in [-0.05, 0) is 36.4 Å². The van der Waals surface area contributed by atoms with Crippen LogP contribution in [0.1, 0.15) is 22.7 Å². The number of methoxy groups -OCH3 is 1. The molecule has 0 bridgehead atoms. The van der Waals surface area contributed by atoms with Gasteiger partial charge >= 0.3 is 5.97 Å². The number of nitrogens with zero attached hydrogens (tertiary/aromatic N) is 4. The van der Waals surface area contributed by atoms with Crippen molar-refractivity contribution in [2.24, 2.45) is 0 Å². The van der Waals surface area contributed by atoms with Gasteiger partial charge in [0, 0.05) is 30.7 Å². The highest BCUT2D eigenvalue weighted by Crippen LogP contribution is 2.22. The van der Waals surface area contributed by atoms with Gasteiger partial charge in [0.1, 0.15) is 11.8 Å². The predicted molar refractivity (Wildman–Crippen MR) is 100 cm³/mol. The number of aliphatic carboxylic acids is 1. The smallest absolute Gasteiger partial charge is 0.325 e. The van der Waals surface area contributed by atoms with Crippen LogP contribution in [0.5, 0.6) is 5.75 Å². The van der Waals surface area contributed by atoms with Crippen molar-refractivity contribution >= 4 is 5.97 Å². The molecule has 0 unspecified atom stereocenters. The highest BCUT2D eigenvalue weighted by Gasteiger charge is 2.26. The molecule has 0 saturated heterocycles. The summed E-state index contributed by atoms with van der Waals surface area (Å²) in [6, 6.07) is 10.7. The molecule has 3 rings (SSSR count). The van der Waals surface area contributed by atoms with E-state index < -0.39 is 12.0 Å². The van der Waals surface area contributed by atoms with E-state index in [4.69, 9.17) is 4.74 Å². The molecule has 0 aliphatic rings. The third-order valence-electron chi connectivity index (χ3n) is 4.30. The van der Waals surface area contributed by atoms with Crippen LogP contribution in [0, 0.1) is 0 Å². The van der Waals surface area contributed by atoms with Gasteiger partial charge in [-0.25, -0.2) is 0 Å². The number of likely N-dealkylation sites (N-methyl/N-ethyl adjacent to an activating group) is 1. The number of rotatable bonds is 8. The van der Waals surface area contributed by atoms with Crippen molar-refractivity contribution in [3.05, 3.63) is 77.9 Å². The molecule has 1 aromatic carbocycles. The van der Waals surface area contributed by atoms with E-state index in [9.17, 15) is 9.90 Å².